The van der Waals surface area contributed by atoms with Crippen molar-refractivity contribution >= 4 is 5.91 Å². The highest BCUT2D eigenvalue weighted by Crippen LogP contribution is 2.23. The van der Waals surface area contributed by atoms with Gasteiger partial charge in [0.2, 0.25) is 5.91 Å². The van der Waals surface area contributed by atoms with Gasteiger partial charge in [-0.05, 0) is 64.2 Å². The number of hydrogen-bond donors (Lipinski definition) is 8. The summed E-state index contributed by atoms with van der Waals surface area (Å²) >= 11 is 0. The van der Waals surface area contributed by atoms with Crippen LogP contribution in [0.4, 0.5) is 0 Å². The minimum atomic E-state index is -1.67. The molecule has 1 aliphatic rings. The van der Waals surface area contributed by atoms with E-state index in [-0.39, 0.29) is 12.8 Å². The second-order valence-electron chi connectivity index (χ2n) is 17.2. The van der Waals surface area contributed by atoms with Gasteiger partial charge in [0.1, 0.15) is 36.6 Å². The lowest BCUT2D eigenvalue weighted by molar-refractivity contribution is -0.303. The third kappa shape index (κ3) is 28.0. The molecule has 9 unspecified atom stereocenters. The second-order valence-corrected chi connectivity index (χ2v) is 17.2. The predicted molar refractivity (Wildman–Crippen MR) is 238 cm³/mol. The first-order valence-corrected chi connectivity index (χ1v) is 24.2. The Morgan fingerprint density at radius 1 is 0.576 bits per heavy atom. The van der Waals surface area contributed by atoms with Gasteiger partial charge in [0.05, 0.1) is 25.4 Å². The van der Waals surface area contributed by atoms with Crippen molar-refractivity contribution in [3.8, 4) is 0 Å². The number of rotatable bonds is 40. The Balaban J connectivity index is 2.42. The van der Waals surface area contributed by atoms with Gasteiger partial charge in [0.15, 0.2) is 6.29 Å². The number of allylic oxidation sites excluding steroid dienone is 4. The normalized spacial score (nSPS) is 21.9. The van der Waals surface area contributed by atoms with Crippen LogP contribution in [0.5, 0.6) is 0 Å². The van der Waals surface area contributed by atoms with Crippen LogP contribution in [0.25, 0.3) is 0 Å². The van der Waals surface area contributed by atoms with E-state index in [1.54, 1.807) is 0 Å². The number of ether oxygens (including phenoxy) is 2. The van der Waals surface area contributed by atoms with Crippen molar-refractivity contribution < 1.29 is 50.0 Å². The summed E-state index contributed by atoms with van der Waals surface area (Å²) in [5.41, 5.74) is 0. The van der Waals surface area contributed by atoms with Crippen LogP contribution in [0.15, 0.2) is 24.3 Å². The van der Waals surface area contributed by atoms with Gasteiger partial charge in [-0.3, -0.25) is 4.79 Å². The highest BCUT2D eigenvalue weighted by atomic mass is 16.7. The molecule has 59 heavy (non-hydrogen) atoms. The maximum absolute atomic E-state index is 13.0. The van der Waals surface area contributed by atoms with E-state index >= 15 is 0 Å². The molecule has 0 saturated carbocycles. The Morgan fingerprint density at radius 3 is 1.49 bits per heavy atom. The minimum absolute atomic E-state index is 0.239. The fraction of sp³-hybridized carbons (Fsp3) is 0.896. The summed E-state index contributed by atoms with van der Waals surface area (Å²) in [6.07, 6.45) is 31.0. The molecule has 0 aliphatic carbocycles. The predicted octanol–water partition coefficient (Wildman–Crippen LogP) is 8.23. The molecule has 1 saturated heterocycles. The number of carbonyl (C=O) groups excluding carboxylic acids is 1. The number of hydrogen-bond acceptors (Lipinski definition) is 10. The maximum atomic E-state index is 13.0. The molecule has 0 bridgehead atoms. The number of unbranched alkanes of at least 4 members (excludes halogenated alkanes) is 24. The molecule has 0 radical (unpaired) electrons. The van der Waals surface area contributed by atoms with Gasteiger partial charge >= 0.3 is 0 Å². The fourth-order valence-corrected chi connectivity index (χ4v) is 7.67. The van der Waals surface area contributed by atoms with Crippen LogP contribution in [0.1, 0.15) is 206 Å². The molecule has 11 heteroatoms. The Hall–Kier alpha value is -1.41. The summed E-state index contributed by atoms with van der Waals surface area (Å²) in [7, 11) is 0. The van der Waals surface area contributed by atoms with E-state index in [1.165, 1.54) is 116 Å². The third-order valence-electron chi connectivity index (χ3n) is 11.7. The smallest absolute Gasteiger partial charge is 0.249 e. The van der Waals surface area contributed by atoms with Crippen molar-refractivity contribution in [3.63, 3.8) is 0 Å². The molecular formula is C48H91NO10. The van der Waals surface area contributed by atoms with Gasteiger partial charge in [0, 0.05) is 0 Å². The maximum Gasteiger partial charge on any atom is 0.249 e. The number of aliphatic hydroxyl groups excluding tert-OH is 7. The van der Waals surface area contributed by atoms with Crippen molar-refractivity contribution in [3.05, 3.63) is 24.3 Å². The lowest BCUT2D eigenvalue weighted by Crippen LogP contribution is -2.60. The Bertz CT molecular complexity index is 1010. The molecule has 1 fully saturated rings. The van der Waals surface area contributed by atoms with Crippen LogP contribution in [-0.4, -0.2) is 110 Å². The fourth-order valence-electron chi connectivity index (χ4n) is 7.67. The molecule has 0 aromatic heterocycles. The molecule has 1 amide bonds. The first-order chi connectivity index (χ1) is 28.7. The molecule has 0 aromatic carbocycles. The zero-order valence-electron chi connectivity index (χ0n) is 37.5. The van der Waals surface area contributed by atoms with Gasteiger partial charge in [-0.25, -0.2) is 0 Å². The lowest BCUT2D eigenvalue weighted by atomic mass is 9.98. The summed E-state index contributed by atoms with van der Waals surface area (Å²) in [5, 5.41) is 75.6. The van der Waals surface area contributed by atoms with E-state index in [0.717, 1.165) is 51.4 Å². The summed E-state index contributed by atoms with van der Waals surface area (Å²) in [6, 6.07) is -1.19. The molecule has 8 N–H and O–H groups in total. The molecule has 0 spiro atoms. The summed E-state index contributed by atoms with van der Waals surface area (Å²) < 4.78 is 11.1. The largest absolute Gasteiger partial charge is 0.394 e. The number of amides is 1. The van der Waals surface area contributed by atoms with Crippen molar-refractivity contribution in [2.24, 2.45) is 0 Å². The molecular weight excluding hydrogens is 751 g/mol. The van der Waals surface area contributed by atoms with Crippen molar-refractivity contribution in [2.75, 3.05) is 13.2 Å². The van der Waals surface area contributed by atoms with Gasteiger partial charge in [-0.1, -0.05) is 167 Å². The van der Waals surface area contributed by atoms with Crippen LogP contribution < -0.4 is 5.32 Å². The topological polar surface area (TPSA) is 189 Å². The van der Waals surface area contributed by atoms with E-state index in [9.17, 15) is 40.5 Å². The van der Waals surface area contributed by atoms with Crippen LogP contribution in [-0.2, 0) is 14.3 Å². The SMILES string of the molecule is CCCCC/C=C\CCCCCCC(O)C(=O)NC(COC1OC(CO)C(O)C(O)C1O)C(O)C(O)CCC/C=C/CCCCCCCCCCCCCCCCCC. The van der Waals surface area contributed by atoms with Gasteiger partial charge < -0.3 is 50.5 Å². The Morgan fingerprint density at radius 2 is 1.00 bits per heavy atom. The number of aliphatic hydroxyl groups is 7. The number of carbonyl (C=O) groups is 1. The van der Waals surface area contributed by atoms with Gasteiger partial charge in [0.25, 0.3) is 0 Å². The zero-order valence-corrected chi connectivity index (χ0v) is 37.5. The summed E-state index contributed by atoms with van der Waals surface area (Å²) in [5.74, 6) is -0.717. The van der Waals surface area contributed by atoms with Crippen LogP contribution in [0.3, 0.4) is 0 Å². The van der Waals surface area contributed by atoms with Crippen LogP contribution in [0, 0.1) is 0 Å². The minimum Gasteiger partial charge on any atom is -0.394 e. The van der Waals surface area contributed by atoms with Crippen molar-refractivity contribution in [1.82, 2.24) is 5.32 Å². The van der Waals surface area contributed by atoms with Crippen molar-refractivity contribution in [1.29, 1.82) is 0 Å². The molecule has 1 heterocycles. The lowest BCUT2D eigenvalue weighted by Gasteiger charge is -2.40. The van der Waals surface area contributed by atoms with Crippen molar-refractivity contribution in [2.45, 2.75) is 262 Å². The molecule has 11 nitrogen and oxygen atoms in total. The molecule has 9 atom stereocenters. The van der Waals surface area contributed by atoms with E-state index in [4.69, 9.17) is 9.47 Å². The van der Waals surface area contributed by atoms with Gasteiger partial charge in [-0.2, -0.15) is 0 Å². The summed E-state index contributed by atoms with van der Waals surface area (Å²) in [6.45, 7) is 3.39. The zero-order chi connectivity index (χ0) is 43.4. The molecule has 1 aliphatic heterocycles. The third-order valence-corrected chi connectivity index (χ3v) is 11.7. The number of nitrogens with one attached hydrogen (secondary N) is 1. The highest BCUT2D eigenvalue weighted by Gasteiger charge is 2.44. The van der Waals surface area contributed by atoms with Crippen LogP contribution in [0.2, 0.25) is 0 Å². The molecule has 348 valence electrons. The average Bonchev–Trinajstić information content (AvgIpc) is 3.23. The van der Waals surface area contributed by atoms with Crippen LogP contribution >= 0.6 is 0 Å². The summed E-state index contributed by atoms with van der Waals surface area (Å²) in [4.78, 5) is 13.0. The highest BCUT2D eigenvalue weighted by molar-refractivity contribution is 5.80. The van der Waals surface area contributed by atoms with E-state index < -0.39 is 74.2 Å². The quantitative estimate of drug-likeness (QED) is 0.0221. The first kappa shape index (κ1) is 55.6. The molecule has 1 rings (SSSR count). The monoisotopic (exact) mass is 842 g/mol. The van der Waals surface area contributed by atoms with Gasteiger partial charge in [-0.15, -0.1) is 0 Å². The molecule has 0 aromatic rings. The Labute approximate surface area is 359 Å². The van der Waals surface area contributed by atoms with E-state index in [2.05, 4.69) is 43.5 Å². The Kier molecular flexibility index (Phi) is 36.1. The standard InChI is InChI=1S/C48H91NO10/c1-3-5-7-9-11-13-15-16-17-18-19-20-21-22-23-24-26-27-29-31-33-35-40(51)43(53)39(38-58-48-46(56)45(55)44(54)42(37-50)59-48)49-47(57)41(52)36-34-32-30-28-25-14-12-10-8-6-4-2/h12,14,27,29,39-46,48,50-56H,3-11,13,15-26,28,30-38H2,1-2H3,(H,49,57)/b14-12-,29-27+. The first-order valence-electron chi connectivity index (χ1n) is 24.2. The van der Waals surface area contributed by atoms with E-state index in [1.807, 2.05) is 0 Å². The second kappa shape index (κ2) is 38.3. The van der Waals surface area contributed by atoms with E-state index in [0.29, 0.717) is 12.8 Å². The average molecular weight is 842 g/mol.